The number of hydrogen-bond donors (Lipinski definition) is 0. The number of anilines is 1. The zero-order chi connectivity index (χ0) is 27.6. The summed E-state index contributed by atoms with van der Waals surface area (Å²) in [4.78, 5) is 23.8. The van der Waals surface area contributed by atoms with Crippen molar-refractivity contribution in [3.63, 3.8) is 0 Å². The summed E-state index contributed by atoms with van der Waals surface area (Å²) >= 11 is 1.38. The van der Waals surface area contributed by atoms with Gasteiger partial charge in [-0.1, -0.05) is 23.5 Å². The number of pyridine rings is 1. The molecule has 0 saturated carbocycles. The Balaban J connectivity index is 1.39. The number of carbonyl (C=O) groups is 1. The number of ether oxygens (including phenoxy) is 1. The van der Waals surface area contributed by atoms with E-state index in [-0.39, 0.29) is 38.4 Å². The summed E-state index contributed by atoms with van der Waals surface area (Å²) in [7, 11) is -4.17. The van der Waals surface area contributed by atoms with E-state index in [1.54, 1.807) is 23.4 Å². The second kappa shape index (κ2) is 11.3. The number of piperidine rings is 1. The van der Waals surface area contributed by atoms with Crippen LogP contribution in [0, 0.1) is 17.6 Å². The molecular weight excluding hydrogens is 546 g/mol. The molecule has 1 fully saturated rings. The van der Waals surface area contributed by atoms with Gasteiger partial charge in [-0.15, -0.1) is 0 Å². The molecule has 0 bridgehead atoms. The van der Waals surface area contributed by atoms with Gasteiger partial charge in [-0.3, -0.25) is 14.7 Å². The molecule has 5 rings (SSSR count). The molecule has 0 N–H and O–H groups in total. The fraction of sp³-hybridized carbons (Fsp3) is 0.296. The summed E-state index contributed by atoms with van der Waals surface area (Å²) < 4.78 is 61.3. The quantitative estimate of drug-likeness (QED) is 0.295. The first-order valence-electron chi connectivity index (χ1n) is 12.5. The molecule has 204 valence electrons. The number of halogens is 2. The Morgan fingerprint density at radius 1 is 1.15 bits per heavy atom. The first-order valence-corrected chi connectivity index (χ1v) is 14.7. The van der Waals surface area contributed by atoms with Crippen molar-refractivity contribution in [2.75, 3.05) is 24.6 Å². The number of sulfonamides is 1. The van der Waals surface area contributed by atoms with Crippen LogP contribution in [0.4, 0.5) is 13.9 Å². The van der Waals surface area contributed by atoms with E-state index in [2.05, 4.69) is 4.98 Å². The molecule has 1 saturated heterocycles. The maximum atomic E-state index is 14.2. The highest BCUT2D eigenvalue weighted by atomic mass is 32.2. The second-order valence-electron chi connectivity index (χ2n) is 9.07. The molecule has 1 aliphatic rings. The maximum absolute atomic E-state index is 14.2. The van der Waals surface area contributed by atoms with Crippen LogP contribution in [0.5, 0.6) is 5.75 Å². The lowest BCUT2D eigenvalue weighted by molar-refractivity contribution is -0.123. The van der Waals surface area contributed by atoms with Crippen LogP contribution >= 0.6 is 11.3 Å². The van der Waals surface area contributed by atoms with Crippen LogP contribution in [0.25, 0.3) is 10.2 Å². The smallest absolute Gasteiger partial charge is 0.245 e. The molecular formula is C27H26F2N4O4S2. The third-order valence-electron chi connectivity index (χ3n) is 6.55. The topological polar surface area (TPSA) is 92.7 Å². The molecule has 2 aromatic carbocycles. The maximum Gasteiger partial charge on any atom is 0.245 e. The molecule has 12 heteroatoms. The minimum atomic E-state index is -4.17. The van der Waals surface area contributed by atoms with E-state index >= 15 is 0 Å². The van der Waals surface area contributed by atoms with Crippen molar-refractivity contribution in [2.24, 2.45) is 5.92 Å². The number of carbonyl (C=O) groups excluding carboxylic acids is 1. The molecule has 0 spiro atoms. The monoisotopic (exact) mass is 572 g/mol. The van der Waals surface area contributed by atoms with Gasteiger partial charge in [0, 0.05) is 37.5 Å². The van der Waals surface area contributed by atoms with Gasteiger partial charge < -0.3 is 4.74 Å². The highest BCUT2D eigenvalue weighted by Crippen LogP contribution is 2.36. The van der Waals surface area contributed by atoms with Gasteiger partial charge in [0.25, 0.3) is 0 Å². The Morgan fingerprint density at radius 3 is 2.64 bits per heavy atom. The zero-order valence-corrected chi connectivity index (χ0v) is 22.7. The lowest BCUT2D eigenvalue weighted by Crippen LogP contribution is -2.44. The third-order valence-corrected chi connectivity index (χ3v) is 9.52. The number of fused-ring (bicyclic) bond motifs is 1. The molecule has 8 nitrogen and oxygen atoms in total. The van der Waals surface area contributed by atoms with E-state index < -0.39 is 32.5 Å². The van der Waals surface area contributed by atoms with Gasteiger partial charge in [-0.05, 0) is 55.7 Å². The third kappa shape index (κ3) is 5.63. The van der Waals surface area contributed by atoms with E-state index in [1.807, 2.05) is 31.2 Å². The van der Waals surface area contributed by atoms with Crippen molar-refractivity contribution in [3.8, 4) is 5.75 Å². The molecule has 2 aromatic heterocycles. The Kier molecular flexibility index (Phi) is 7.87. The van der Waals surface area contributed by atoms with E-state index in [1.165, 1.54) is 11.3 Å². The van der Waals surface area contributed by atoms with Crippen molar-refractivity contribution >= 4 is 42.6 Å². The summed E-state index contributed by atoms with van der Waals surface area (Å²) in [6.07, 6.45) is 3.84. The fourth-order valence-electron chi connectivity index (χ4n) is 4.60. The van der Waals surface area contributed by atoms with Gasteiger partial charge in [0.2, 0.25) is 15.9 Å². The van der Waals surface area contributed by atoms with E-state index in [0.29, 0.717) is 29.1 Å². The van der Waals surface area contributed by atoms with Crippen LogP contribution in [0.1, 0.15) is 25.3 Å². The first-order chi connectivity index (χ1) is 18.8. The summed E-state index contributed by atoms with van der Waals surface area (Å²) in [5, 5.41) is 0.509. The summed E-state index contributed by atoms with van der Waals surface area (Å²) in [5.74, 6) is -2.01. The number of nitrogens with zero attached hydrogens (tertiary/aromatic N) is 4. The van der Waals surface area contributed by atoms with Crippen LogP contribution < -0.4 is 9.64 Å². The molecule has 1 amide bonds. The average molecular weight is 573 g/mol. The molecule has 0 aliphatic carbocycles. The van der Waals surface area contributed by atoms with Crippen LogP contribution in [0.2, 0.25) is 0 Å². The Hall–Kier alpha value is -3.48. The van der Waals surface area contributed by atoms with Crippen LogP contribution in [-0.2, 0) is 21.4 Å². The van der Waals surface area contributed by atoms with Crippen molar-refractivity contribution in [3.05, 3.63) is 78.1 Å². The van der Waals surface area contributed by atoms with Gasteiger partial charge in [-0.25, -0.2) is 22.2 Å². The number of amides is 1. The average Bonchev–Trinajstić information content (AvgIpc) is 3.37. The molecule has 0 radical (unpaired) electrons. The Morgan fingerprint density at radius 2 is 1.95 bits per heavy atom. The van der Waals surface area contributed by atoms with Crippen LogP contribution in [0.3, 0.4) is 0 Å². The minimum Gasteiger partial charge on any atom is -0.492 e. The highest BCUT2D eigenvalue weighted by molar-refractivity contribution is 7.89. The molecule has 39 heavy (non-hydrogen) atoms. The predicted octanol–water partition coefficient (Wildman–Crippen LogP) is 5.00. The van der Waals surface area contributed by atoms with Crippen LogP contribution in [-0.4, -0.2) is 48.3 Å². The summed E-state index contributed by atoms with van der Waals surface area (Å²) in [6, 6.07) is 11.7. The zero-order valence-electron chi connectivity index (χ0n) is 21.1. The van der Waals surface area contributed by atoms with Gasteiger partial charge in [0.05, 0.1) is 17.9 Å². The second-order valence-corrected chi connectivity index (χ2v) is 12.0. The SMILES string of the molecule is CCOc1cccc2sc(N(Cc3cccnc3)C(=O)C3CCN(S(=O)(=O)c4ccc(F)cc4F)CC3)nc12. The Labute approximate surface area is 228 Å². The largest absolute Gasteiger partial charge is 0.492 e. The van der Waals surface area contributed by atoms with E-state index in [4.69, 9.17) is 9.72 Å². The first kappa shape index (κ1) is 27.1. The molecule has 1 aliphatic heterocycles. The van der Waals surface area contributed by atoms with E-state index in [0.717, 1.165) is 26.7 Å². The lowest BCUT2D eigenvalue weighted by Gasteiger charge is -2.33. The normalized spacial score (nSPS) is 14.9. The summed E-state index contributed by atoms with van der Waals surface area (Å²) in [6.45, 7) is 2.68. The van der Waals surface area contributed by atoms with E-state index in [9.17, 15) is 22.0 Å². The lowest BCUT2D eigenvalue weighted by atomic mass is 9.96. The number of thiazole rings is 1. The number of aromatic nitrogens is 2. The molecule has 3 heterocycles. The minimum absolute atomic E-state index is 0.0324. The van der Waals surface area contributed by atoms with Gasteiger partial charge in [0.1, 0.15) is 27.8 Å². The van der Waals surface area contributed by atoms with Crippen molar-refractivity contribution in [1.82, 2.24) is 14.3 Å². The standard InChI is InChI=1S/C27H26F2N4O4S2/c1-2-37-22-6-3-7-23-25(22)31-27(38-23)33(17-18-5-4-12-30-16-18)26(34)19-10-13-32(14-11-19)39(35,36)24-9-8-20(28)15-21(24)29/h3-9,12,15-16,19H,2,10-11,13-14,17H2,1H3. The number of hydrogen-bond acceptors (Lipinski definition) is 7. The van der Waals surface area contributed by atoms with Gasteiger partial charge in [-0.2, -0.15) is 4.31 Å². The van der Waals surface area contributed by atoms with Crippen molar-refractivity contribution < 1.29 is 26.7 Å². The molecule has 0 unspecified atom stereocenters. The van der Waals surface area contributed by atoms with Gasteiger partial charge in [0.15, 0.2) is 5.13 Å². The van der Waals surface area contributed by atoms with Crippen molar-refractivity contribution in [1.29, 1.82) is 0 Å². The number of para-hydroxylation sites is 1. The fourth-order valence-corrected chi connectivity index (χ4v) is 7.10. The Bertz CT molecular complexity index is 1590. The van der Waals surface area contributed by atoms with Gasteiger partial charge >= 0.3 is 0 Å². The predicted molar refractivity (Wildman–Crippen MR) is 144 cm³/mol. The molecule has 0 atom stereocenters. The number of benzene rings is 2. The number of rotatable bonds is 8. The molecule has 4 aromatic rings. The highest BCUT2D eigenvalue weighted by Gasteiger charge is 2.36. The van der Waals surface area contributed by atoms with Crippen molar-refractivity contribution in [2.45, 2.75) is 31.2 Å². The van der Waals surface area contributed by atoms with Crippen LogP contribution in [0.15, 0.2) is 65.8 Å². The summed E-state index contributed by atoms with van der Waals surface area (Å²) in [5.41, 5.74) is 1.49.